The molecule has 0 unspecified atom stereocenters. The minimum absolute atomic E-state index is 0. The molecule has 6 heavy (non-hydrogen) atoms. The molecule has 0 amide bonds. The smallest absolute Gasteiger partial charge is 0 e. The van der Waals surface area contributed by atoms with E-state index in [0.29, 0.717) is 0 Å². The van der Waals surface area contributed by atoms with E-state index in [1.165, 1.54) is 0 Å². The van der Waals surface area contributed by atoms with E-state index >= 15 is 0 Å². The van der Waals surface area contributed by atoms with Crippen LogP contribution in [0.25, 0.3) is 0 Å². The van der Waals surface area contributed by atoms with Gasteiger partial charge in [0.2, 0.25) is 0 Å². The van der Waals surface area contributed by atoms with Gasteiger partial charge in [-0.05, 0) is 0 Å². The van der Waals surface area contributed by atoms with Crippen LogP contribution in [0.5, 0.6) is 0 Å². The Labute approximate surface area is 137 Å². The Bertz CT molecular complexity index is 15.5. The van der Waals surface area contributed by atoms with Gasteiger partial charge in [0.15, 0.2) is 0 Å². The molecule has 0 aliphatic carbocycles. The van der Waals surface area contributed by atoms with E-state index in [-0.39, 0.29) is 140 Å². The second-order valence-electron chi connectivity index (χ2n) is 0. The van der Waals surface area contributed by atoms with Crippen molar-refractivity contribution in [3.63, 3.8) is 0 Å². The number of hydrogen-bond donors (Lipinski definition) is 0. The van der Waals surface area contributed by atoms with Crippen LogP contribution in [0, 0.1) is 0 Å². The zero-order chi connectivity index (χ0) is 0. The maximum Gasteiger partial charge on any atom is 0 e. The summed E-state index contributed by atoms with van der Waals surface area (Å²) in [6, 6.07) is 0. The van der Waals surface area contributed by atoms with E-state index in [0.717, 1.165) is 0 Å². The summed E-state index contributed by atoms with van der Waals surface area (Å²) in [6.45, 7) is 0. The minimum atomic E-state index is 0. The Morgan fingerprint density at radius 1 is 1.00 bits per heavy atom. The van der Waals surface area contributed by atoms with Crippen LogP contribution in [0.4, 0.5) is 0 Å². The average molecular weight is 296 g/mol. The summed E-state index contributed by atoms with van der Waals surface area (Å²) in [7, 11) is 0. The molecule has 0 aromatic rings. The van der Waals surface area contributed by atoms with Gasteiger partial charge in [-0.15, -0.1) is 0 Å². The van der Waals surface area contributed by atoms with E-state index < -0.39 is 0 Å². The van der Waals surface area contributed by atoms with Gasteiger partial charge < -0.3 is 0 Å². The second-order valence-corrected chi connectivity index (χ2v) is 0. The average Bonchev–Trinajstić information content (AvgIpc) is 0. The Morgan fingerprint density at radius 3 is 1.00 bits per heavy atom. The van der Waals surface area contributed by atoms with Crippen LogP contribution in [0.1, 0.15) is 0 Å². The van der Waals surface area contributed by atoms with Crippen molar-refractivity contribution < 1.29 is 60.4 Å². The van der Waals surface area contributed by atoms with Crippen molar-refractivity contribution in [2.24, 2.45) is 0 Å². The molecule has 0 rings (SSSR count). The van der Waals surface area contributed by atoms with E-state index in [1.54, 1.807) is 0 Å². The third-order valence-corrected chi connectivity index (χ3v) is 0. The fourth-order valence-corrected chi connectivity index (χ4v) is 0. The third kappa shape index (κ3) is 23.5. The van der Waals surface area contributed by atoms with Gasteiger partial charge in [0, 0.05) is 140 Å². The summed E-state index contributed by atoms with van der Waals surface area (Å²) >= 11 is 0. The molecule has 23 valence electrons. The van der Waals surface area contributed by atoms with Gasteiger partial charge >= 0.3 is 0 Å². The molecular formula is AgCaLiMgVZn. The van der Waals surface area contributed by atoms with Crippen LogP contribution in [0.2, 0.25) is 0 Å². The minimum Gasteiger partial charge on any atom is 0 e. The molecule has 0 aromatic heterocycles. The van der Waals surface area contributed by atoms with Crippen LogP contribution in [-0.4, -0.2) is 79.7 Å². The van der Waals surface area contributed by atoms with Gasteiger partial charge in [-0.25, -0.2) is 0 Å². The summed E-state index contributed by atoms with van der Waals surface area (Å²) in [5.74, 6) is 0. The molecule has 0 aliphatic heterocycles. The van der Waals surface area contributed by atoms with Crippen LogP contribution in [-0.2, 0) is 60.4 Å². The first-order valence-corrected chi connectivity index (χ1v) is 0. The molecule has 0 saturated heterocycles. The maximum absolute atomic E-state index is 0. The molecule has 0 aliphatic rings. The van der Waals surface area contributed by atoms with Gasteiger partial charge in [-0.1, -0.05) is 0 Å². The van der Waals surface area contributed by atoms with Crippen LogP contribution in [0.3, 0.4) is 0 Å². The maximum atomic E-state index is 0. The molecule has 0 heterocycles. The quantitative estimate of drug-likeness (QED) is 0.495. The molecule has 0 saturated carbocycles. The van der Waals surface area contributed by atoms with E-state index in [9.17, 15) is 0 Å². The van der Waals surface area contributed by atoms with E-state index in [4.69, 9.17) is 0 Å². The van der Waals surface area contributed by atoms with Gasteiger partial charge in [0.05, 0.1) is 0 Å². The Kier molecular flexibility index (Phi) is 260. The standard InChI is InChI=1S/Ag.Ca.Li.Mg.V.Zn. The zero-order valence-corrected chi connectivity index (χ0v) is 13.3. The predicted octanol–water partition coefficient (Wildman–Crippen LogP) is -1.15. The Balaban J connectivity index is 0. The van der Waals surface area contributed by atoms with Gasteiger partial charge in [-0.2, -0.15) is 0 Å². The van der Waals surface area contributed by atoms with Crippen molar-refractivity contribution in [3.05, 3.63) is 0 Å². The normalized spacial score (nSPS) is 0. The molecule has 0 atom stereocenters. The van der Waals surface area contributed by atoms with Gasteiger partial charge in [0.25, 0.3) is 0 Å². The topological polar surface area (TPSA) is 0 Å². The zero-order valence-electron chi connectivity index (χ0n) is 3.87. The summed E-state index contributed by atoms with van der Waals surface area (Å²) in [4.78, 5) is 0. The SMILES string of the molecule is [Ag].[Ca].[Li].[Mg].[V].[Zn]. The molecular weight excluding hydrogens is 296 g/mol. The van der Waals surface area contributed by atoms with Crippen LogP contribution in [0.15, 0.2) is 0 Å². The fraction of sp³-hybridized carbons (Fsp3) is 0. The Hall–Kier alpha value is 4.57. The van der Waals surface area contributed by atoms with Crippen molar-refractivity contribution >= 4 is 79.7 Å². The predicted molar refractivity (Wildman–Crippen MR) is 17.3 cm³/mol. The van der Waals surface area contributed by atoms with E-state index in [1.807, 2.05) is 0 Å². The molecule has 0 nitrogen and oxygen atoms in total. The van der Waals surface area contributed by atoms with Crippen LogP contribution >= 0.6 is 0 Å². The number of rotatable bonds is 0. The first-order chi connectivity index (χ1) is 0. The van der Waals surface area contributed by atoms with Crippen molar-refractivity contribution in [3.8, 4) is 0 Å². The van der Waals surface area contributed by atoms with Crippen molar-refractivity contribution in [1.29, 1.82) is 0 Å². The van der Waals surface area contributed by atoms with E-state index in [2.05, 4.69) is 0 Å². The fourth-order valence-electron chi connectivity index (χ4n) is 0. The van der Waals surface area contributed by atoms with Crippen molar-refractivity contribution in [2.45, 2.75) is 0 Å². The summed E-state index contributed by atoms with van der Waals surface area (Å²) in [5, 5.41) is 0. The van der Waals surface area contributed by atoms with Gasteiger partial charge in [0.1, 0.15) is 0 Å². The molecule has 0 bridgehead atoms. The second kappa shape index (κ2) is 33.6. The molecule has 7 radical (unpaired) electrons. The molecule has 0 spiro atoms. The first kappa shape index (κ1) is 46.3. The Morgan fingerprint density at radius 2 is 1.00 bits per heavy atom. The first-order valence-electron chi connectivity index (χ1n) is 0. The summed E-state index contributed by atoms with van der Waals surface area (Å²) in [6.07, 6.45) is 0. The summed E-state index contributed by atoms with van der Waals surface area (Å²) in [5.41, 5.74) is 0. The monoisotopic (exact) mass is 293 g/mol. The van der Waals surface area contributed by atoms with Gasteiger partial charge in [-0.3, -0.25) is 0 Å². The molecule has 0 N–H and O–H groups in total. The third-order valence-electron chi connectivity index (χ3n) is 0. The van der Waals surface area contributed by atoms with Crippen molar-refractivity contribution in [2.75, 3.05) is 0 Å². The van der Waals surface area contributed by atoms with Crippen molar-refractivity contribution in [1.82, 2.24) is 0 Å². The van der Waals surface area contributed by atoms with Crippen LogP contribution < -0.4 is 0 Å². The largest absolute Gasteiger partial charge is 0 e. The molecule has 0 aromatic carbocycles. The molecule has 6 heteroatoms. The molecule has 0 fully saturated rings. The summed E-state index contributed by atoms with van der Waals surface area (Å²) < 4.78 is 0. The number of hydrogen-bond acceptors (Lipinski definition) is 0.